The summed E-state index contributed by atoms with van der Waals surface area (Å²) in [6.07, 6.45) is 10.4. The van der Waals surface area contributed by atoms with Gasteiger partial charge in [0, 0.05) is 13.1 Å². The first-order chi connectivity index (χ1) is 13.6. The van der Waals surface area contributed by atoms with E-state index in [0.29, 0.717) is 0 Å². The third-order valence-electron chi connectivity index (χ3n) is 5.86. The van der Waals surface area contributed by atoms with Gasteiger partial charge in [-0.15, -0.1) is 47.0 Å². The van der Waals surface area contributed by atoms with E-state index in [-0.39, 0.29) is 0 Å². The highest BCUT2D eigenvalue weighted by atomic mass is 32.2. The lowest BCUT2D eigenvalue weighted by Gasteiger charge is -2.45. The number of nitrogens with zero attached hydrogens (tertiary/aromatic N) is 2. The van der Waals surface area contributed by atoms with Crippen LogP contribution in [0, 0.1) is 0 Å². The smallest absolute Gasteiger partial charge is 0.0575 e. The molecule has 2 unspecified atom stereocenters. The molecule has 2 aliphatic heterocycles. The van der Waals surface area contributed by atoms with E-state index in [4.69, 9.17) is 0 Å². The van der Waals surface area contributed by atoms with E-state index in [9.17, 15) is 0 Å². The quantitative estimate of drug-likeness (QED) is 0.286. The zero-order valence-corrected chi connectivity index (χ0v) is 22.3. The normalized spacial score (nSPS) is 35.4. The number of hydrogen-bond acceptors (Lipinski definition) is 6. The number of unbranched alkanes of at least 4 members (excludes halogenated alkanes) is 1. The molecule has 0 aromatic heterocycles. The van der Waals surface area contributed by atoms with Crippen LogP contribution in [0.25, 0.3) is 0 Å². The largest absolute Gasteiger partial charge is 0.279 e. The maximum absolute atomic E-state index is 2.84. The standard InChI is InChI=1S/C22H44N2S4/c1-7-17-23(18(8-2)26-21(11-5)25-17)15-13-14-16-24-19(9-3)27-22(12-6)28-20(24)10-4/h17-22H,7-16H2,1-6H3/t17-,18+,19-,20+,21?,22?. The van der Waals surface area contributed by atoms with Crippen molar-refractivity contribution in [2.45, 2.75) is 124 Å². The zero-order chi connectivity index (χ0) is 20.5. The number of hydrogen-bond donors (Lipinski definition) is 0. The maximum atomic E-state index is 2.84. The fourth-order valence-electron chi connectivity index (χ4n) is 4.32. The summed E-state index contributed by atoms with van der Waals surface area (Å²) in [5, 5.41) is 2.92. The highest BCUT2D eigenvalue weighted by Gasteiger charge is 2.35. The van der Waals surface area contributed by atoms with Crippen molar-refractivity contribution in [2.24, 2.45) is 0 Å². The summed E-state index contributed by atoms with van der Waals surface area (Å²) in [5.41, 5.74) is 0. The number of rotatable bonds is 11. The monoisotopic (exact) mass is 464 g/mol. The van der Waals surface area contributed by atoms with Gasteiger partial charge in [-0.3, -0.25) is 9.80 Å². The van der Waals surface area contributed by atoms with E-state index in [2.05, 4.69) is 98.4 Å². The molecule has 166 valence electrons. The van der Waals surface area contributed by atoms with E-state index >= 15 is 0 Å². The second-order valence-electron chi connectivity index (χ2n) is 7.85. The lowest BCUT2D eigenvalue weighted by atomic mass is 10.2. The molecular formula is C22H44N2S4. The van der Waals surface area contributed by atoms with Crippen LogP contribution in [0.1, 0.15) is 92.9 Å². The summed E-state index contributed by atoms with van der Waals surface area (Å²) in [5.74, 6) is 0. The fourth-order valence-corrected chi connectivity index (χ4v) is 11.1. The molecule has 0 radical (unpaired) electrons. The molecule has 6 heteroatoms. The third kappa shape index (κ3) is 6.91. The first-order valence-corrected chi connectivity index (χ1v) is 15.5. The molecule has 2 nitrogen and oxygen atoms in total. The van der Waals surface area contributed by atoms with Crippen molar-refractivity contribution in [3.8, 4) is 0 Å². The molecule has 2 aliphatic rings. The lowest BCUT2D eigenvalue weighted by Crippen LogP contribution is -2.46. The van der Waals surface area contributed by atoms with Crippen LogP contribution in [0.15, 0.2) is 0 Å². The minimum absolute atomic E-state index is 0.731. The van der Waals surface area contributed by atoms with Gasteiger partial charge in [-0.05, 0) is 51.4 Å². The summed E-state index contributed by atoms with van der Waals surface area (Å²) in [6.45, 7) is 16.8. The molecule has 2 heterocycles. The molecule has 2 rings (SSSR count). The van der Waals surface area contributed by atoms with E-state index in [1.807, 2.05) is 0 Å². The van der Waals surface area contributed by atoms with Crippen LogP contribution in [-0.4, -0.2) is 53.5 Å². The molecule has 0 aromatic rings. The van der Waals surface area contributed by atoms with E-state index in [1.54, 1.807) is 0 Å². The summed E-state index contributed by atoms with van der Waals surface area (Å²) in [7, 11) is 0. The average molecular weight is 465 g/mol. The Morgan fingerprint density at radius 3 is 0.964 bits per heavy atom. The Kier molecular flexibility index (Phi) is 12.5. The second kappa shape index (κ2) is 13.7. The molecule has 0 aromatic carbocycles. The van der Waals surface area contributed by atoms with E-state index in [0.717, 1.165) is 30.7 Å². The Balaban J connectivity index is 1.85. The molecule has 2 fully saturated rings. The van der Waals surface area contributed by atoms with Crippen LogP contribution >= 0.6 is 47.0 Å². The molecule has 0 N–H and O–H groups in total. The molecule has 0 bridgehead atoms. The lowest BCUT2D eigenvalue weighted by molar-refractivity contribution is 0.198. The highest BCUT2D eigenvalue weighted by Crippen LogP contribution is 2.45. The first kappa shape index (κ1) is 25.6. The van der Waals surface area contributed by atoms with Gasteiger partial charge in [-0.1, -0.05) is 41.5 Å². The van der Waals surface area contributed by atoms with Crippen LogP contribution in [0.4, 0.5) is 0 Å². The number of thioether (sulfide) groups is 4. The molecule has 0 aliphatic carbocycles. The van der Waals surface area contributed by atoms with Crippen molar-refractivity contribution < 1.29 is 0 Å². The predicted molar refractivity (Wildman–Crippen MR) is 137 cm³/mol. The van der Waals surface area contributed by atoms with Crippen molar-refractivity contribution in [1.29, 1.82) is 0 Å². The Morgan fingerprint density at radius 1 is 0.464 bits per heavy atom. The average Bonchev–Trinajstić information content (AvgIpc) is 2.75. The molecule has 0 amide bonds. The molecule has 2 saturated heterocycles. The minimum Gasteiger partial charge on any atom is -0.279 e. The van der Waals surface area contributed by atoms with Crippen molar-refractivity contribution in [3.05, 3.63) is 0 Å². The molecule has 6 atom stereocenters. The van der Waals surface area contributed by atoms with Crippen LogP contribution < -0.4 is 0 Å². The molecular weight excluding hydrogens is 421 g/mol. The van der Waals surface area contributed by atoms with E-state index in [1.165, 1.54) is 64.5 Å². The third-order valence-corrected chi connectivity index (χ3v) is 13.4. The minimum atomic E-state index is 0.731. The Labute approximate surface area is 192 Å². The summed E-state index contributed by atoms with van der Waals surface area (Å²) in [4.78, 5) is 5.67. The Morgan fingerprint density at radius 2 is 0.750 bits per heavy atom. The highest BCUT2D eigenvalue weighted by molar-refractivity contribution is 8.18. The van der Waals surface area contributed by atoms with Gasteiger partial charge in [0.1, 0.15) is 0 Å². The van der Waals surface area contributed by atoms with Crippen LogP contribution in [-0.2, 0) is 0 Å². The second-order valence-corrected chi connectivity index (χ2v) is 14.0. The maximum Gasteiger partial charge on any atom is 0.0575 e. The Hall–Kier alpha value is 1.32. The zero-order valence-electron chi connectivity index (χ0n) is 19.1. The van der Waals surface area contributed by atoms with Gasteiger partial charge in [0.15, 0.2) is 0 Å². The first-order valence-electron chi connectivity index (χ1n) is 11.7. The molecule has 0 saturated carbocycles. The van der Waals surface area contributed by atoms with Crippen molar-refractivity contribution in [2.75, 3.05) is 13.1 Å². The summed E-state index contributed by atoms with van der Waals surface area (Å²) >= 11 is 8.91. The van der Waals surface area contributed by atoms with Gasteiger partial charge >= 0.3 is 0 Å². The van der Waals surface area contributed by atoms with Gasteiger partial charge in [-0.25, -0.2) is 0 Å². The van der Waals surface area contributed by atoms with Gasteiger partial charge in [0.2, 0.25) is 0 Å². The van der Waals surface area contributed by atoms with Gasteiger partial charge in [-0.2, -0.15) is 0 Å². The summed E-state index contributed by atoms with van der Waals surface area (Å²) in [6, 6.07) is 0. The van der Waals surface area contributed by atoms with Crippen molar-refractivity contribution in [1.82, 2.24) is 9.80 Å². The van der Waals surface area contributed by atoms with Gasteiger partial charge in [0.05, 0.1) is 30.7 Å². The van der Waals surface area contributed by atoms with Gasteiger partial charge < -0.3 is 0 Å². The molecule has 0 spiro atoms. The molecule has 28 heavy (non-hydrogen) atoms. The van der Waals surface area contributed by atoms with Gasteiger partial charge in [0.25, 0.3) is 0 Å². The van der Waals surface area contributed by atoms with Crippen LogP contribution in [0.3, 0.4) is 0 Å². The van der Waals surface area contributed by atoms with Crippen molar-refractivity contribution in [3.63, 3.8) is 0 Å². The van der Waals surface area contributed by atoms with Crippen LogP contribution in [0.5, 0.6) is 0 Å². The summed E-state index contributed by atoms with van der Waals surface area (Å²) < 4.78 is 1.60. The van der Waals surface area contributed by atoms with E-state index < -0.39 is 0 Å². The van der Waals surface area contributed by atoms with Crippen molar-refractivity contribution >= 4 is 47.0 Å². The fraction of sp³-hybridized carbons (Fsp3) is 1.00. The van der Waals surface area contributed by atoms with Crippen LogP contribution in [0.2, 0.25) is 0 Å². The topological polar surface area (TPSA) is 6.48 Å². The Bertz CT molecular complexity index is 359. The predicted octanol–water partition coefficient (Wildman–Crippen LogP) is 7.75. The SMILES string of the molecule is CCC1S[C@@H](CC)N(CCCCN2[C@H](CC)SC(CC)S[C@@H]2CC)[C@@H](CC)S1.